The van der Waals surface area contributed by atoms with Crippen molar-refractivity contribution in [2.24, 2.45) is 0 Å². The van der Waals surface area contributed by atoms with Gasteiger partial charge in [-0.3, -0.25) is 0 Å². The number of carbonyl (C=O) groups is 1. The number of nitriles is 1. The van der Waals surface area contributed by atoms with Gasteiger partial charge in [0, 0.05) is 0 Å². The summed E-state index contributed by atoms with van der Waals surface area (Å²) in [7, 11) is 0. The second-order valence-corrected chi connectivity index (χ2v) is 3.37. The lowest BCUT2D eigenvalue weighted by molar-refractivity contribution is -0.0500. The maximum Gasteiger partial charge on any atom is 0.387 e. The molecule has 0 fully saturated rings. The maximum absolute atomic E-state index is 12.1. The number of hydrogen-bond donors (Lipinski definition) is 0. The lowest BCUT2D eigenvalue weighted by Gasteiger charge is -2.10. The molecule has 0 atom stereocenters. The van der Waals surface area contributed by atoms with E-state index in [1.165, 1.54) is 12.1 Å². The monoisotopic (exact) mass is 255 g/mol. The molecule has 18 heavy (non-hydrogen) atoms. The van der Waals surface area contributed by atoms with Gasteiger partial charge in [-0.2, -0.15) is 14.0 Å². The summed E-state index contributed by atoms with van der Waals surface area (Å²) in [5, 5.41) is 8.83. The quantitative estimate of drug-likeness (QED) is 0.776. The molecule has 0 bridgehead atoms. The summed E-state index contributed by atoms with van der Waals surface area (Å²) >= 11 is 0. The first kappa shape index (κ1) is 13.9. The van der Waals surface area contributed by atoms with Gasteiger partial charge in [0.05, 0.1) is 17.7 Å². The second-order valence-electron chi connectivity index (χ2n) is 3.37. The highest BCUT2D eigenvalue weighted by Crippen LogP contribution is 2.25. The van der Waals surface area contributed by atoms with Gasteiger partial charge in [-0.05, 0) is 31.5 Å². The number of alkyl halides is 2. The van der Waals surface area contributed by atoms with E-state index in [-0.39, 0.29) is 23.5 Å². The first-order valence-corrected chi connectivity index (χ1v) is 5.16. The van der Waals surface area contributed by atoms with E-state index in [1.807, 2.05) is 0 Å². The van der Waals surface area contributed by atoms with Crippen molar-refractivity contribution in [3.8, 4) is 11.8 Å². The molecular weight excluding hydrogens is 244 g/mol. The Morgan fingerprint density at radius 3 is 2.67 bits per heavy atom. The van der Waals surface area contributed by atoms with Gasteiger partial charge in [-0.1, -0.05) is 0 Å². The zero-order valence-electron chi connectivity index (χ0n) is 9.87. The zero-order valence-corrected chi connectivity index (χ0v) is 9.87. The zero-order chi connectivity index (χ0) is 13.7. The van der Waals surface area contributed by atoms with E-state index in [1.54, 1.807) is 19.9 Å². The smallest absolute Gasteiger partial charge is 0.387 e. The first-order chi connectivity index (χ1) is 8.49. The summed E-state index contributed by atoms with van der Waals surface area (Å²) in [5.41, 5.74) is 0.432. The van der Waals surface area contributed by atoms with Crippen LogP contribution in [0.25, 0.3) is 0 Å². The van der Waals surface area contributed by atoms with Gasteiger partial charge in [0.15, 0.2) is 0 Å². The third kappa shape index (κ3) is 3.17. The van der Waals surface area contributed by atoms with Crippen molar-refractivity contribution in [1.29, 1.82) is 5.26 Å². The topological polar surface area (TPSA) is 59.3 Å². The summed E-state index contributed by atoms with van der Waals surface area (Å²) < 4.78 is 33.2. The number of halogens is 2. The molecule has 6 heteroatoms. The number of hydrogen-bond acceptors (Lipinski definition) is 4. The number of aryl methyl sites for hydroxylation is 1. The molecule has 96 valence electrons. The van der Waals surface area contributed by atoms with Crippen molar-refractivity contribution in [2.45, 2.75) is 20.5 Å². The van der Waals surface area contributed by atoms with Crippen LogP contribution in [0.3, 0.4) is 0 Å². The van der Waals surface area contributed by atoms with Crippen molar-refractivity contribution in [2.75, 3.05) is 6.61 Å². The molecular formula is C12H11F2NO3. The Balaban J connectivity index is 3.19. The number of esters is 1. The normalized spacial score (nSPS) is 10.0. The average Bonchev–Trinajstić information content (AvgIpc) is 2.28. The van der Waals surface area contributed by atoms with Crippen LogP contribution in [0, 0.1) is 18.3 Å². The summed E-state index contributed by atoms with van der Waals surface area (Å²) in [4.78, 5) is 11.5. The van der Waals surface area contributed by atoms with Gasteiger partial charge >= 0.3 is 12.6 Å². The number of carbonyl (C=O) groups excluding carboxylic acids is 1. The van der Waals surface area contributed by atoms with Crippen LogP contribution in [-0.4, -0.2) is 19.2 Å². The largest absolute Gasteiger partial charge is 0.462 e. The van der Waals surface area contributed by atoms with Crippen molar-refractivity contribution in [3.05, 3.63) is 28.8 Å². The number of nitrogens with zero attached hydrogens (tertiary/aromatic N) is 1. The van der Waals surface area contributed by atoms with E-state index < -0.39 is 12.6 Å². The lowest BCUT2D eigenvalue weighted by atomic mass is 10.0. The molecule has 0 radical (unpaired) electrons. The molecule has 0 saturated heterocycles. The van der Waals surface area contributed by atoms with Gasteiger partial charge in [0.2, 0.25) is 0 Å². The molecule has 0 aliphatic carbocycles. The van der Waals surface area contributed by atoms with Crippen LogP contribution in [0.4, 0.5) is 8.78 Å². The molecule has 0 saturated carbocycles. The summed E-state index contributed by atoms with van der Waals surface area (Å²) in [6, 6.07) is 4.10. The van der Waals surface area contributed by atoms with Crippen molar-refractivity contribution in [3.63, 3.8) is 0 Å². The molecule has 0 spiro atoms. The Bertz CT molecular complexity index is 495. The highest BCUT2D eigenvalue weighted by Gasteiger charge is 2.17. The summed E-state index contributed by atoms with van der Waals surface area (Å²) in [6.45, 7) is 0.360. The fourth-order valence-corrected chi connectivity index (χ4v) is 1.39. The van der Waals surface area contributed by atoms with Crippen LogP contribution < -0.4 is 4.74 Å². The maximum atomic E-state index is 12.1. The van der Waals surface area contributed by atoms with Gasteiger partial charge in [-0.25, -0.2) is 4.79 Å². The van der Waals surface area contributed by atoms with Gasteiger partial charge < -0.3 is 9.47 Å². The minimum atomic E-state index is -3.02. The van der Waals surface area contributed by atoms with Crippen LogP contribution in [0.5, 0.6) is 5.75 Å². The predicted octanol–water partition coefficient (Wildman–Crippen LogP) is 2.64. The van der Waals surface area contributed by atoms with Crippen LogP contribution in [0.2, 0.25) is 0 Å². The third-order valence-electron chi connectivity index (χ3n) is 2.16. The molecule has 0 heterocycles. The number of benzene rings is 1. The minimum Gasteiger partial charge on any atom is -0.462 e. The second kappa shape index (κ2) is 5.96. The fraction of sp³-hybridized carbons (Fsp3) is 0.333. The van der Waals surface area contributed by atoms with E-state index in [0.717, 1.165) is 0 Å². The van der Waals surface area contributed by atoms with Crippen molar-refractivity contribution >= 4 is 5.97 Å². The SMILES string of the molecule is CCOC(=O)c1cc(C#N)c(OC(F)F)cc1C. The molecule has 0 amide bonds. The minimum absolute atomic E-state index is 0.135. The van der Waals surface area contributed by atoms with Gasteiger partial charge in [-0.15, -0.1) is 0 Å². The van der Waals surface area contributed by atoms with E-state index in [0.29, 0.717) is 5.56 Å². The van der Waals surface area contributed by atoms with Crippen LogP contribution in [-0.2, 0) is 4.74 Å². The van der Waals surface area contributed by atoms with Crippen LogP contribution >= 0.6 is 0 Å². The molecule has 0 unspecified atom stereocenters. The van der Waals surface area contributed by atoms with E-state index >= 15 is 0 Å². The Hall–Kier alpha value is -2.16. The molecule has 0 N–H and O–H groups in total. The Labute approximate surface area is 103 Å². The Morgan fingerprint density at radius 2 is 2.17 bits per heavy atom. The van der Waals surface area contributed by atoms with Crippen LogP contribution in [0.1, 0.15) is 28.4 Å². The van der Waals surface area contributed by atoms with Gasteiger partial charge in [0.1, 0.15) is 11.8 Å². The summed E-state index contributed by atoms with van der Waals surface area (Å²) in [5.74, 6) is -0.854. The molecule has 4 nitrogen and oxygen atoms in total. The highest BCUT2D eigenvalue weighted by molar-refractivity contribution is 5.91. The molecule has 0 aromatic heterocycles. The highest BCUT2D eigenvalue weighted by atomic mass is 19.3. The van der Waals surface area contributed by atoms with Crippen molar-refractivity contribution in [1.82, 2.24) is 0 Å². The molecule has 1 aromatic rings. The molecule has 1 aromatic carbocycles. The van der Waals surface area contributed by atoms with Crippen LogP contribution in [0.15, 0.2) is 12.1 Å². The number of ether oxygens (including phenoxy) is 2. The number of rotatable bonds is 4. The molecule has 0 aliphatic heterocycles. The Morgan fingerprint density at radius 1 is 1.50 bits per heavy atom. The van der Waals surface area contributed by atoms with Gasteiger partial charge in [0.25, 0.3) is 0 Å². The fourth-order valence-electron chi connectivity index (χ4n) is 1.39. The first-order valence-electron chi connectivity index (χ1n) is 5.16. The van der Waals surface area contributed by atoms with E-state index in [4.69, 9.17) is 10.00 Å². The predicted molar refractivity (Wildman–Crippen MR) is 58.5 cm³/mol. The third-order valence-corrected chi connectivity index (χ3v) is 2.16. The Kier molecular flexibility index (Phi) is 4.60. The van der Waals surface area contributed by atoms with Crippen molar-refractivity contribution < 1.29 is 23.0 Å². The summed E-state index contributed by atoms with van der Waals surface area (Å²) in [6.07, 6.45) is 0. The van der Waals surface area contributed by atoms with E-state index in [2.05, 4.69) is 4.74 Å². The average molecular weight is 255 g/mol. The molecule has 0 aliphatic rings. The lowest BCUT2D eigenvalue weighted by Crippen LogP contribution is -2.09. The van der Waals surface area contributed by atoms with E-state index in [9.17, 15) is 13.6 Å². The standard InChI is InChI=1S/C12H11F2NO3/c1-3-17-11(16)9-5-8(6-15)10(4-7(9)2)18-12(13)14/h4-5,12H,3H2,1-2H3. The molecule has 1 rings (SSSR count).